The molecule has 0 aliphatic heterocycles. The summed E-state index contributed by atoms with van der Waals surface area (Å²) in [5.74, 6) is 2.56. The molecule has 6 atom stereocenters. The molecule has 6 heteroatoms. The molecule has 190 valence electrons. The highest BCUT2D eigenvalue weighted by Crippen LogP contribution is 2.64. The van der Waals surface area contributed by atoms with Gasteiger partial charge >= 0.3 is 11.9 Å². The Labute approximate surface area is 208 Å². The van der Waals surface area contributed by atoms with Gasteiger partial charge < -0.3 is 14.6 Å². The zero-order valence-electron chi connectivity index (χ0n) is 21.3. The topological polar surface area (TPSA) is 89.9 Å². The Morgan fingerprint density at radius 3 is 2.26 bits per heavy atom. The lowest BCUT2D eigenvalue weighted by atomic mass is 9.48. The fourth-order valence-electron chi connectivity index (χ4n) is 7.41. The van der Waals surface area contributed by atoms with Crippen LogP contribution in [0.3, 0.4) is 0 Å². The van der Waals surface area contributed by atoms with Gasteiger partial charge in [-0.05, 0) is 86.0 Å². The maximum Gasteiger partial charge on any atom is 0.308 e. The molecule has 0 radical (unpaired) electrons. The van der Waals surface area contributed by atoms with E-state index in [0.717, 1.165) is 44.9 Å². The average Bonchev–Trinajstić information content (AvgIpc) is 3.10. The molecule has 1 N–H and O–H groups in total. The van der Waals surface area contributed by atoms with Crippen LogP contribution < -0.4 is 4.74 Å². The molecule has 0 aromatic heterocycles. The standard InChI is InChI=1S/C21H30O3.C8H8O3/c1-13(22)24-15-8-10-20(2)14(12-15)4-5-16-17-6-7-19(23)21(17,3)11-9-18(16)20;1-6(9)11-8-4-2-7(10)3-5-8/h4,15-18H,5-12H2,1-3H3;2-5,10H,1H3. The molecule has 0 spiro atoms. The second kappa shape index (κ2) is 9.79. The van der Waals surface area contributed by atoms with E-state index in [0.29, 0.717) is 29.3 Å². The van der Waals surface area contributed by atoms with Gasteiger partial charge in [0.15, 0.2) is 0 Å². The monoisotopic (exact) mass is 482 g/mol. The lowest BCUT2D eigenvalue weighted by Gasteiger charge is -2.56. The number of rotatable bonds is 2. The zero-order chi connectivity index (χ0) is 25.4. The number of aromatic hydroxyl groups is 1. The summed E-state index contributed by atoms with van der Waals surface area (Å²) in [6, 6.07) is 5.96. The first-order valence-electron chi connectivity index (χ1n) is 12.9. The Kier molecular flexibility index (Phi) is 7.12. The number of carbonyl (C=O) groups is 3. The predicted octanol–water partition coefficient (Wildman–Crippen LogP) is 5.77. The van der Waals surface area contributed by atoms with Crippen molar-refractivity contribution in [1.29, 1.82) is 0 Å². The number of esters is 2. The van der Waals surface area contributed by atoms with Crippen molar-refractivity contribution in [3.63, 3.8) is 0 Å². The number of phenols is 1. The summed E-state index contributed by atoms with van der Waals surface area (Å²) >= 11 is 0. The summed E-state index contributed by atoms with van der Waals surface area (Å²) in [6.45, 7) is 7.52. The summed E-state index contributed by atoms with van der Waals surface area (Å²) in [7, 11) is 0. The number of carbonyl (C=O) groups excluding carboxylic acids is 3. The van der Waals surface area contributed by atoms with Crippen molar-refractivity contribution in [2.45, 2.75) is 85.2 Å². The van der Waals surface area contributed by atoms with E-state index in [4.69, 9.17) is 14.6 Å². The van der Waals surface area contributed by atoms with Crippen molar-refractivity contribution in [3.8, 4) is 11.5 Å². The number of benzene rings is 1. The van der Waals surface area contributed by atoms with E-state index >= 15 is 0 Å². The van der Waals surface area contributed by atoms with E-state index in [-0.39, 0.29) is 34.6 Å². The first-order chi connectivity index (χ1) is 16.5. The molecule has 0 heterocycles. The van der Waals surface area contributed by atoms with Crippen LogP contribution in [0.2, 0.25) is 0 Å². The number of phenolic OH excluding ortho intramolecular Hbond substituents is 1. The molecule has 0 amide bonds. The van der Waals surface area contributed by atoms with Gasteiger partial charge in [-0.25, -0.2) is 0 Å². The maximum absolute atomic E-state index is 12.4. The quantitative estimate of drug-likeness (QED) is 0.327. The number of hydrogen-bond acceptors (Lipinski definition) is 6. The third-order valence-electron chi connectivity index (χ3n) is 9.20. The van der Waals surface area contributed by atoms with E-state index in [2.05, 4.69) is 19.9 Å². The van der Waals surface area contributed by atoms with Gasteiger partial charge in [0, 0.05) is 32.1 Å². The maximum atomic E-state index is 12.4. The molecular weight excluding hydrogens is 444 g/mol. The molecule has 5 rings (SSSR count). The van der Waals surface area contributed by atoms with Crippen LogP contribution in [-0.4, -0.2) is 28.9 Å². The van der Waals surface area contributed by atoms with Crippen molar-refractivity contribution >= 4 is 17.7 Å². The van der Waals surface area contributed by atoms with E-state index in [1.54, 1.807) is 0 Å². The van der Waals surface area contributed by atoms with Crippen molar-refractivity contribution < 1.29 is 29.0 Å². The number of ketones is 1. The molecule has 0 saturated heterocycles. The smallest absolute Gasteiger partial charge is 0.308 e. The first kappa shape index (κ1) is 25.5. The first-order valence-corrected chi connectivity index (χ1v) is 12.9. The molecule has 4 aliphatic rings. The SMILES string of the molecule is CC(=O)OC1CCC2(C)C(=CCC3C4CCC(=O)C4(C)CCC32)C1.CC(=O)Oc1ccc(O)cc1. The van der Waals surface area contributed by atoms with Crippen LogP contribution in [0, 0.1) is 28.6 Å². The van der Waals surface area contributed by atoms with E-state index in [1.165, 1.54) is 50.1 Å². The average molecular weight is 483 g/mol. The normalized spacial score (nSPS) is 35.3. The second-order valence-electron chi connectivity index (χ2n) is 11.2. The molecule has 3 fully saturated rings. The minimum absolute atomic E-state index is 0.0438. The third kappa shape index (κ3) is 5.03. The summed E-state index contributed by atoms with van der Waals surface area (Å²) in [5.41, 5.74) is 1.74. The van der Waals surface area contributed by atoms with Crippen LogP contribution in [0.15, 0.2) is 35.9 Å². The second-order valence-corrected chi connectivity index (χ2v) is 11.2. The minimum atomic E-state index is -0.365. The molecule has 1 aromatic rings. The zero-order valence-corrected chi connectivity index (χ0v) is 21.3. The van der Waals surface area contributed by atoms with Gasteiger partial charge in [0.05, 0.1) is 0 Å². The molecule has 3 saturated carbocycles. The molecule has 1 aromatic carbocycles. The molecular formula is C29H38O6. The highest BCUT2D eigenvalue weighted by Gasteiger charge is 2.58. The van der Waals surface area contributed by atoms with Crippen LogP contribution in [-0.2, 0) is 19.1 Å². The fourth-order valence-corrected chi connectivity index (χ4v) is 7.41. The summed E-state index contributed by atoms with van der Waals surface area (Å²) in [4.78, 5) is 34.2. The Hall–Kier alpha value is -2.63. The fraction of sp³-hybridized carbons (Fsp3) is 0.621. The van der Waals surface area contributed by atoms with Crippen molar-refractivity contribution in [2.75, 3.05) is 0 Å². The largest absolute Gasteiger partial charge is 0.508 e. The number of allylic oxidation sites excluding steroid dienone is 1. The van der Waals surface area contributed by atoms with Gasteiger partial charge in [-0.3, -0.25) is 14.4 Å². The lowest BCUT2D eigenvalue weighted by Crippen LogP contribution is -2.50. The van der Waals surface area contributed by atoms with Crippen LogP contribution >= 0.6 is 0 Å². The van der Waals surface area contributed by atoms with E-state index in [9.17, 15) is 14.4 Å². The Balaban J connectivity index is 0.000000221. The lowest BCUT2D eigenvalue weighted by molar-refractivity contribution is -0.148. The van der Waals surface area contributed by atoms with Crippen molar-refractivity contribution in [1.82, 2.24) is 0 Å². The number of fused-ring (bicyclic) bond motifs is 5. The minimum Gasteiger partial charge on any atom is -0.508 e. The summed E-state index contributed by atoms with van der Waals surface area (Å²) < 4.78 is 10.2. The molecule has 6 unspecified atom stereocenters. The van der Waals surface area contributed by atoms with Crippen LogP contribution in [0.5, 0.6) is 11.5 Å². The van der Waals surface area contributed by atoms with Gasteiger partial charge in [-0.15, -0.1) is 0 Å². The molecule has 4 aliphatic carbocycles. The van der Waals surface area contributed by atoms with Gasteiger partial charge in [0.25, 0.3) is 0 Å². The van der Waals surface area contributed by atoms with Gasteiger partial charge in [-0.2, -0.15) is 0 Å². The van der Waals surface area contributed by atoms with Crippen LogP contribution in [0.25, 0.3) is 0 Å². The Bertz CT molecular complexity index is 1010. The molecule has 35 heavy (non-hydrogen) atoms. The molecule has 0 bridgehead atoms. The van der Waals surface area contributed by atoms with Gasteiger partial charge in [0.2, 0.25) is 0 Å². The van der Waals surface area contributed by atoms with Gasteiger partial charge in [-0.1, -0.05) is 25.5 Å². The number of ether oxygens (including phenoxy) is 2. The van der Waals surface area contributed by atoms with Gasteiger partial charge in [0.1, 0.15) is 23.4 Å². The highest BCUT2D eigenvalue weighted by atomic mass is 16.5. The van der Waals surface area contributed by atoms with Crippen molar-refractivity contribution in [2.24, 2.45) is 28.6 Å². The van der Waals surface area contributed by atoms with E-state index < -0.39 is 0 Å². The summed E-state index contributed by atoms with van der Waals surface area (Å²) in [5, 5.41) is 8.85. The highest BCUT2D eigenvalue weighted by molar-refractivity contribution is 5.87. The Morgan fingerprint density at radius 2 is 1.60 bits per heavy atom. The predicted molar refractivity (Wildman–Crippen MR) is 132 cm³/mol. The van der Waals surface area contributed by atoms with Crippen LogP contribution in [0.1, 0.15) is 79.1 Å². The number of hydrogen-bond donors (Lipinski definition) is 1. The Morgan fingerprint density at radius 1 is 0.943 bits per heavy atom. The van der Waals surface area contributed by atoms with E-state index in [1.807, 2.05) is 0 Å². The van der Waals surface area contributed by atoms with Crippen molar-refractivity contribution in [3.05, 3.63) is 35.9 Å². The third-order valence-corrected chi connectivity index (χ3v) is 9.20. The summed E-state index contributed by atoms with van der Waals surface area (Å²) in [6.07, 6.45) is 10.8. The molecule has 6 nitrogen and oxygen atoms in total. The number of Topliss-reactive ketones (excluding diaryl/α,β-unsaturated/α-hetero) is 1. The van der Waals surface area contributed by atoms with Crippen LogP contribution in [0.4, 0.5) is 0 Å².